The zero-order valence-corrected chi connectivity index (χ0v) is 13.3. The topological polar surface area (TPSA) is 50.9 Å². The molecule has 2 aromatic rings. The quantitative estimate of drug-likeness (QED) is 0.350. The van der Waals surface area contributed by atoms with E-state index in [2.05, 4.69) is 47.1 Å². The zero-order chi connectivity index (χ0) is 13.4. The van der Waals surface area contributed by atoms with E-state index in [0.29, 0.717) is 0 Å². The van der Waals surface area contributed by atoms with Gasteiger partial charge in [0, 0.05) is 14.7 Å². The standard InChI is InChI=1S/C15H18IN3/c1-9-7-8-11(16)13-14(9)18-12-6-4-2-3-5-10(12)15(13)19-17/h7-8H,2-6,17H2,1H3,(H,18,19). The number of hydrogen-bond donors (Lipinski definition) is 2. The number of nitrogen functional groups attached to an aromatic ring is 1. The number of benzene rings is 1. The molecule has 0 radical (unpaired) electrons. The number of nitrogens with two attached hydrogens (primary N) is 1. The maximum absolute atomic E-state index is 5.83. The van der Waals surface area contributed by atoms with Gasteiger partial charge in [-0.2, -0.15) is 0 Å². The van der Waals surface area contributed by atoms with Gasteiger partial charge in [0.05, 0.1) is 11.2 Å². The lowest BCUT2D eigenvalue weighted by Crippen LogP contribution is -2.13. The van der Waals surface area contributed by atoms with Gasteiger partial charge < -0.3 is 5.43 Å². The number of hydrazine groups is 1. The fourth-order valence-corrected chi connectivity index (χ4v) is 3.66. The average molecular weight is 367 g/mol. The van der Waals surface area contributed by atoms with Crippen LogP contribution in [-0.2, 0) is 12.8 Å². The highest BCUT2D eigenvalue weighted by molar-refractivity contribution is 14.1. The predicted octanol–water partition coefficient (Wildman–Crippen LogP) is 3.70. The minimum atomic E-state index is 1.07. The van der Waals surface area contributed by atoms with Crippen LogP contribution in [0.15, 0.2) is 12.1 Å². The van der Waals surface area contributed by atoms with E-state index in [4.69, 9.17) is 10.8 Å². The number of nitrogens with one attached hydrogen (secondary N) is 1. The lowest BCUT2D eigenvalue weighted by atomic mass is 10.0. The number of pyridine rings is 1. The minimum Gasteiger partial charge on any atom is -0.323 e. The summed E-state index contributed by atoms with van der Waals surface area (Å²) in [5, 5.41) is 1.18. The first-order valence-corrected chi connectivity index (χ1v) is 7.87. The lowest BCUT2D eigenvalue weighted by Gasteiger charge is -2.17. The minimum absolute atomic E-state index is 1.07. The Balaban J connectivity index is 2.39. The van der Waals surface area contributed by atoms with E-state index in [1.807, 2.05) is 0 Å². The van der Waals surface area contributed by atoms with E-state index in [-0.39, 0.29) is 0 Å². The molecule has 4 heteroatoms. The highest BCUT2D eigenvalue weighted by Crippen LogP contribution is 2.35. The van der Waals surface area contributed by atoms with Gasteiger partial charge >= 0.3 is 0 Å². The first-order chi connectivity index (χ1) is 9.22. The van der Waals surface area contributed by atoms with Crippen molar-refractivity contribution in [3.63, 3.8) is 0 Å². The number of aryl methyl sites for hydroxylation is 2. The van der Waals surface area contributed by atoms with Crippen LogP contribution in [-0.4, -0.2) is 4.98 Å². The highest BCUT2D eigenvalue weighted by Gasteiger charge is 2.18. The van der Waals surface area contributed by atoms with E-state index >= 15 is 0 Å². The molecule has 0 saturated heterocycles. The molecule has 0 fully saturated rings. The Labute approximate surface area is 127 Å². The summed E-state index contributed by atoms with van der Waals surface area (Å²) in [6, 6.07) is 4.28. The van der Waals surface area contributed by atoms with Crippen molar-refractivity contribution in [3.05, 3.63) is 32.5 Å². The fraction of sp³-hybridized carbons (Fsp3) is 0.400. The largest absolute Gasteiger partial charge is 0.323 e. The van der Waals surface area contributed by atoms with Crippen LogP contribution in [0, 0.1) is 10.5 Å². The molecule has 0 aliphatic heterocycles. The Morgan fingerprint density at radius 2 is 2.00 bits per heavy atom. The van der Waals surface area contributed by atoms with Gasteiger partial charge in [0.15, 0.2) is 0 Å². The SMILES string of the molecule is Cc1ccc(I)c2c(NN)c3c(nc12)CCCCC3. The maximum Gasteiger partial charge on any atom is 0.0766 e. The highest BCUT2D eigenvalue weighted by atomic mass is 127. The predicted molar refractivity (Wildman–Crippen MR) is 88.3 cm³/mol. The smallest absolute Gasteiger partial charge is 0.0766 e. The van der Waals surface area contributed by atoms with Crippen LogP contribution < -0.4 is 11.3 Å². The molecule has 0 amide bonds. The van der Waals surface area contributed by atoms with Crippen molar-refractivity contribution in [1.29, 1.82) is 0 Å². The third kappa shape index (κ3) is 2.21. The molecular weight excluding hydrogens is 349 g/mol. The summed E-state index contributed by atoms with van der Waals surface area (Å²) in [7, 11) is 0. The molecule has 1 aliphatic carbocycles. The summed E-state index contributed by atoms with van der Waals surface area (Å²) in [5.41, 5.74) is 8.93. The Morgan fingerprint density at radius 3 is 2.79 bits per heavy atom. The Bertz CT molecular complexity index is 637. The van der Waals surface area contributed by atoms with E-state index in [0.717, 1.165) is 24.0 Å². The second-order valence-corrected chi connectivity index (χ2v) is 6.37. The first kappa shape index (κ1) is 13.1. The number of rotatable bonds is 1. The molecule has 100 valence electrons. The van der Waals surface area contributed by atoms with Gasteiger partial charge in [-0.05, 0) is 72.4 Å². The molecule has 0 spiro atoms. The molecular formula is C15H18IN3. The van der Waals surface area contributed by atoms with Crippen molar-refractivity contribution in [2.75, 3.05) is 5.43 Å². The average Bonchev–Trinajstić information content (AvgIpc) is 2.66. The van der Waals surface area contributed by atoms with Crippen LogP contribution in [0.4, 0.5) is 5.69 Å². The summed E-state index contributed by atoms with van der Waals surface area (Å²) in [4.78, 5) is 4.94. The molecule has 1 aromatic carbocycles. The number of aromatic nitrogens is 1. The first-order valence-electron chi connectivity index (χ1n) is 6.79. The molecule has 1 heterocycles. The Hall–Kier alpha value is -0.880. The fourth-order valence-electron chi connectivity index (χ4n) is 2.96. The van der Waals surface area contributed by atoms with Crippen molar-refractivity contribution in [2.45, 2.75) is 39.0 Å². The van der Waals surface area contributed by atoms with Crippen LogP contribution in [0.3, 0.4) is 0 Å². The van der Waals surface area contributed by atoms with Crippen LogP contribution in [0.2, 0.25) is 0 Å². The molecule has 1 aliphatic rings. The monoisotopic (exact) mass is 367 g/mol. The molecule has 1 aromatic heterocycles. The second kappa shape index (κ2) is 5.25. The van der Waals surface area contributed by atoms with Crippen LogP contribution >= 0.6 is 22.6 Å². The molecule has 0 bridgehead atoms. The zero-order valence-electron chi connectivity index (χ0n) is 11.1. The van der Waals surface area contributed by atoms with E-state index < -0.39 is 0 Å². The van der Waals surface area contributed by atoms with Crippen molar-refractivity contribution < 1.29 is 0 Å². The number of halogens is 1. The molecule has 0 unspecified atom stereocenters. The van der Waals surface area contributed by atoms with Gasteiger partial charge in [0.2, 0.25) is 0 Å². The van der Waals surface area contributed by atoms with Crippen LogP contribution in [0.5, 0.6) is 0 Å². The van der Waals surface area contributed by atoms with E-state index in [9.17, 15) is 0 Å². The van der Waals surface area contributed by atoms with E-state index in [1.165, 1.54) is 45.0 Å². The van der Waals surface area contributed by atoms with Gasteiger partial charge in [0.1, 0.15) is 0 Å². The molecule has 0 atom stereocenters. The van der Waals surface area contributed by atoms with Crippen LogP contribution in [0.1, 0.15) is 36.1 Å². The molecule has 3 rings (SSSR count). The van der Waals surface area contributed by atoms with Crippen LogP contribution in [0.25, 0.3) is 10.9 Å². The summed E-state index contributed by atoms with van der Waals surface area (Å²) in [6.45, 7) is 2.12. The normalized spacial score (nSPS) is 15.1. The lowest BCUT2D eigenvalue weighted by molar-refractivity contribution is 0.709. The third-order valence-corrected chi connectivity index (χ3v) is 4.86. The van der Waals surface area contributed by atoms with Gasteiger partial charge in [-0.3, -0.25) is 10.8 Å². The third-order valence-electron chi connectivity index (χ3n) is 3.96. The van der Waals surface area contributed by atoms with Gasteiger partial charge in [-0.1, -0.05) is 12.5 Å². The molecule has 19 heavy (non-hydrogen) atoms. The summed E-state index contributed by atoms with van der Waals surface area (Å²) >= 11 is 2.37. The number of hydrogen-bond acceptors (Lipinski definition) is 3. The molecule has 3 nitrogen and oxygen atoms in total. The van der Waals surface area contributed by atoms with Crippen molar-refractivity contribution in [2.24, 2.45) is 5.84 Å². The number of anilines is 1. The summed E-state index contributed by atoms with van der Waals surface area (Å²) < 4.78 is 1.21. The summed E-state index contributed by atoms with van der Waals surface area (Å²) in [5.74, 6) is 5.83. The van der Waals surface area contributed by atoms with Crippen molar-refractivity contribution in [3.8, 4) is 0 Å². The second-order valence-electron chi connectivity index (χ2n) is 5.20. The van der Waals surface area contributed by atoms with E-state index in [1.54, 1.807) is 0 Å². The maximum atomic E-state index is 5.83. The number of nitrogens with zero attached hydrogens (tertiary/aromatic N) is 1. The van der Waals surface area contributed by atoms with Gasteiger partial charge in [0.25, 0.3) is 0 Å². The van der Waals surface area contributed by atoms with Gasteiger partial charge in [-0.25, -0.2) is 0 Å². The molecule has 3 N–H and O–H groups in total. The number of fused-ring (bicyclic) bond motifs is 2. The summed E-state index contributed by atoms with van der Waals surface area (Å²) in [6.07, 6.45) is 5.91. The Kier molecular flexibility index (Phi) is 3.62. The Morgan fingerprint density at radius 1 is 1.21 bits per heavy atom. The van der Waals surface area contributed by atoms with Crippen molar-refractivity contribution >= 4 is 39.2 Å². The molecule has 0 saturated carbocycles. The van der Waals surface area contributed by atoms with Crippen molar-refractivity contribution in [1.82, 2.24) is 4.98 Å². The van der Waals surface area contributed by atoms with Gasteiger partial charge in [-0.15, -0.1) is 0 Å².